The molecule has 0 unspecified atom stereocenters. The summed E-state index contributed by atoms with van der Waals surface area (Å²) in [6, 6.07) is 26.3. The minimum absolute atomic E-state index is 0.0152. The zero-order chi connectivity index (χ0) is 37.0. The molecule has 0 fully saturated rings. The van der Waals surface area contributed by atoms with Crippen molar-refractivity contribution in [2.75, 3.05) is 27.4 Å². The Bertz CT molecular complexity index is 1540. The summed E-state index contributed by atoms with van der Waals surface area (Å²) in [6.07, 6.45) is 8.32. The summed E-state index contributed by atoms with van der Waals surface area (Å²) in [7, 11) is 3.12. The van der Waals surface area contributed by atoms with Gasteiger partial charge in [-0.15, -0.1) is 0 Å². The quantitative estimate of drug-likeness (QED) is 0.0496. The third-order valence-corrected chi connectivity index (χ3v) is 8.66. The number of methoxy groups -OCH3 is 2. The van der Waals surface area contributed by atoms with Gasteiger partial charge in [0.25, 0.3) is 0 Å². The van der Waals surface area contributed by atoms with Gasteiger partial charge in [-0.2, -0.15) is 0 Å². The Morgan fingerprint density at radius 1 is 0.481 bits per heavy atom. The van der Waals surface area contributed by atoms with Gasteiger partial charge in [-0.05, 0) is 48.2 Å². The van der Waals surface area contributed by atoms with E-state index in [4.69, 9.17) is 28.4 Å². The van der Waals surface area contributed by atoms with E-state index in [2.05, 4.69) is 13.8 Å². The van der Waals surface area contributed by atoms with Gasteiger partial charge in [0.1, 0.15) is 13.2 Å². The molecule has 8 heteroatoms. The lowest BCUT2D eigenvalue weighted by molar-refractivity contribution is 0.0916. The minimum Gasteiger partial charge on any atom is -0.490 e. The lowest BCUT2D eigenvalue weighted by Crippen LogP contribution is -2.09. The summed E-state index contributed by atoms with van der Waals surface area (Å²) in [6.45, 7) is 5.88. The van der Waals surface area contributed by atoms with Crippen molar-refractivity contribution in [1.82, 2.24) is 0 Å². The highest BCUT2D eigenvalue weighted by atomic mass is 16.5. The molecule has 0 atom stereocenters. The van der Waals surface area contributed by atoms with E-state index in [-0.39, 0.29) is 24.4 Å². The second kappa shape index (κ2) is 22.1. The average molecular weight is 711 g/mol. The van der Waals surface area contributed by atoms with Crippen molar-refractivity contribution in [2.45, 2.75) is 91.3 Å². The number of carbonyl (C=O) groups excluding carboxylic acids is 2. The van der Waals surface area contributed by atoms with Crippen molar-refractivity contribution in [3.8, 4) is 34.5 Å². The monoisotopic (exact) mass is 710 g/mol. The molecule has 0 spiro atoms. The number of hydrogen-bond donors (Lipinski definition) is 0. The van der Waals surface area contributed by atoms with Gasteiger partial charge in [0.15, 0.2) is 34.6 Å². The van der Waals surface area contributed by atoms with Crippen LogP contribution in [0.4, 0.5) is 0 Å². The van der Waals surface area contributed by atoms with E-state index in [0.717, 1.165) is 62.5 Å². The summed E-state index contributed by atoms with van der Waals surface area (Å²) < 4.78 is 36.1. The zero-order valence-corrected chi connectivity index (χ0v) is 31.2. The van der Waals surface area contributed by atoms with Crippen molar-refractivity contribution >= 4 is 11.6 Å². The van der Waals surface area contributed by atoms with E-state index in [9.17, 15) is 9.59 Å². The van der Waals surface area contributed by atoms with Crippen LogP contribution in [-0.4, -0.2) is 39.0 Å². The van der Waals surface area contributed by atoms with Crippen LogP contribution < -0.4 is 28.4 Å². The van der Waals surface area contributed by atoms with Crippen molar-refractivity contribution in [2.24, 2.45) is 0 Å². The average Bonchev–Trinajstić information content (AvgIpc) is 3.18. The molecular weight excluding hydrogens is 656 g/mol. The number of carbonyl (C=O) groups is 2. The molecule has 4 rings (SSSR count). The first-order chi connectivity index (χ1) is 25.5. The topological polar surface area (TPSA) is 89.5 Å². The van der Waals surface area contributed by atoms with E-state index in [0.29, 0.717) is 72.1 Å². The summed E-state index contributed by atoms with van der Waals surface area (Å²) in [5, 5.41) is 0. The maximum Gasteiger partial charge on any atom is 0.203 e. The molecule has 0 aliphatic carbocycles. The van der Waals surface area contributed by atoms with Gasteiger partial charge in [0.2, 0.25) is 11.5 Å². The molecule has 0 heterocycles. The number of benzene rings is 4. The van der Waals surface area contributed by atoms with Crippen LogP contribution in [0.1, 0.15) is 110 Å². The van der Waals surface area contributed by atoms with Crippen molar-refractivity contribution in [1.29, 1.82) is 0 Å². The molecule has 0 radical (unpaired) electrons. The lowest BCUT2D eigenvalue weighted by atomic mass is 10.00. The van der Waals surface area contributed by atoms with E-state index >= 15 is 0 Å². The summed E-state index contributed by atoms with van der Waals surface area (Å²) in [4.78, 5) is 27.4. The standard InChI is InChI=1S/C44H54O8/c1-5-7-9-17-25-49-39-27-35(29-41(43(39)47-3)51-31-33-19-13-11-14-20-33)37(45)23-24-38(46)36-28-40(50-26-18-10-8-6-2)44(48-4)42(30-36)52-32-34-21-15-12-16-22-34/h11-16,19-22,27-30H,5-10,17-18,23-26,31-32H2,1-4H3. The Balaban J connectivity index is 1.54. The number of unbranched alkanes of at least 4 members (excludes halogenated alkanes) is 6. The maximum atomic E-state index is 13.7. The molecule has 0 aromatic heterocycles. The van der Waals surface area contributed by atoms with E-state index < -0.39 is 0 Å². The van der Waals surface area contributed by atoms with Crippen molar-refractivity contribution in [3.63, 3.8) is 0 Å². The first-order valence-corrected chi connectivity index (χ1v) is 18.6. The van der Waals surface area contributed by atoms with Crippen LogP contribution in [-0.2, 0) is 13.2 Å². The summed E-state index contributed by atoms with van der Waals surface area (Å²) in [5.74, 6) is 2.14. The van der Waals surface area contributed by atoms with Gasteiger partial charge in [-0.25, -0.2) is 0 Å². The Morgan fingerprint density at radius 2 is 0.846 bits per heavy atom. The minimum atomic E-state index is -0.210. The molecule has 278 valence electrons. The van der Waals surface area contributed by atoms with Crippen LogP contribution in [0.2, 0.25) is 0 Å². The molecule has 0 saturated carbocycles. The number of hydrogen-bond acceptors (Lipinski definition) is 8. The number of ketones is 2. The Kier molecular flexibility index (Phi) is 16.9. The van der Waals surface area contributed by atoms with Gasteiger partial charge < -0.3 is 28.4 Å². The fraction of sp³-hybridized carbons (Fsp3) is 0.409. The van der Waals surface area contributed by atoms with Gasteiger partial charge in [0.05, 0.1) is 27.4 Å². The Labute approximate surface area is 309 Å². The van der Waals surface area contributed by atoms with E-state index in [1.807, 2.05) is 60.7 Å². The summed E-state index contributed by atoms with van der Waals surface area (Å²) in [5.41, 5.74) is 2.73. The lowest BCUT2D eigenvalue weighted by Gasteiger charge is -2.18. The highest BCUT2D eigenvalue weighted by Crippen LogP contribution is 2.41. The predicted octanol–water partition coefficient (Wildman–Crippen LogP) is 10.6. The number of rotatable bonds is 25. The van der Waals surface area contributed by atoms with Crippen molar-refractivity contribution in [3.05, 3.63) is 107 Å². The Morgan fingerprint density at radius 3 is 1.19 bits per heavy atom. The molecule has 0 saturated heterocycles. The number of Topliss-reactive ketones (excluding diaryl/α,β-unsaturated/α-hetero) is 2. The molecular formula is C44H54O8. The van der Waals surface area contributed by atoms with Crippen LogP contribution in [0.15, 0.2) is 84.9 Å². The van der Waals surface area contributed by atoms with E-state index in [1.165, 1.54) is 0 Å². The largest absolute Gasteiger partial charge is 0.490 e. The summed E-state index contributed by atoms with van der Waals surface area (Å²) >= 11 is 0. The van der Waals surface area contributed by atoms with E-state index in [1.54, 1.807) is 38.5 Å². The highest BCUT2D eigenvalue weighted by Gasteiger charge is 2.22. The third kappa shape index (κ3) is 12.4. The first kappa shape index (κ1) is 39.8. The second-order valence-corrected chi connectivity index (χ2v) is 12.7. The molecule has 4 aromatic rings. The number of ether oxygens (including phenoxy) is 6. The van der Waals surface area contributed by atoms with Crippen LogP contribution in [0, 0.1) is 0 Å². The van der Waals surface area contributed by atoms with Gasteiger partial charge in [-0.1, -0.05) is 113 Å². The van der Waals surface area contributed by atoms with Crippen LogP contribution in [0.3, 0.4) is 0 Å². The Hall–Kier alpha value is -4.98. The molecule has 4 aromatic carbocycles. The SMILES string of the molecule is CCCCCCOc1cc(C(=O)CCC(=O)c2cc(OCCCCCC)c(OC)c(OCc3ccccc3)c2)cc(OCc2ccccc2)c1OC. The molecule has 0 amide bonds. The second-order valence-electron chi connectivity index (χ2n) is 12.7. The molecule has 0 N–H and O–H groups in total. The molecule has 0 aliphatic heterocycles. The fourth-order valence-corrected chi connectivity index (χ4v) is 5.71. The molecule has 52 heavy (non-hydrogen) atoms. The molecule has 0 bridgehead atoms. The van der Waals surface area contributed by atoms with Crippen LogP contribution in [0.25, 0.3) is 0 Å². The molecule has 0 aliphatic rings. The first-order valence-electron chi connectivity index (χ1n) is 18.6. The molecule has 8 nitrogen and oxygen atoms in total. The zero-order valence-electron chi connectivity index (χ0n) is 31.2. The van der Waals surface area contributed by atoms with Gasteiger partial charge >= 0.3 is 0 Å². The van der Waals surface area contributed by atoms with Gasteiger partial charge in [0, 0.05) is 24.0 Å². The normalized spacial score (nSPS) is 10.8. The van der Waals surface area contributed by atoms with Gasteiger partial charge in [-0.3, -0.25) is 9.59 Å². The van der Waals surface area contributed by atoms with Crippen molar-refractivity contribution < 1.29 is 38.0 Å². The third-order valence-electron chi connectivity index (χ3n) is 8.66. The van der Waals surface area contributed by atoms with Crippen LogP contribution in [0.5, 0.6) is 34.5 Å². The maximum absolute atomic E-state index is 13.7. The van der Waals surface area contributed by atoms with Crippen LogP contribution >= 0.6 is 0 Å². The highest BCUT2D eigenvalue weighted by molar-refractivity contribution is 6.03. The smallest absolute Gasteiger partial charge is 0.203 e. The predicted molar refractivity (Wildman–Crippen MR) is 205 cm³/mol. The fourth-order valence-electron chi connectivity index (χ4n) is 5.71.